The molecule has 2 aromatic carbocycles. The minimum atomic E-state index is -0.532. The molecule has 2 aromatic rings. The Labute approximate surface area is 130 Å². The smallest absolute Gasteiger partial charge is 0.131 e. The molecule has 0 N–H and O–H groups in total. The monoisotopic (exact) mass is 294 g/mol. The third kappa shape index (κ3) is 2.82. The Morgan fingerprint density at radius 3 is 2.50 bits per heavy atom. The first-order valence-electron chi connectivity index (χ1n) is 7.40. The molecule has 0 aromatic heterocycles. The molecule has 1 aliphatic heterocycles. The summed E-state index contributed by atoms with van der Waals surface area (Å²) in [6.07, 6.45) is 4.24. The first-order chi connectivity index (χ1) is 10.5. The van der Waals surface area contributed by atoms with Crippen LogP contribution < -0.4 is 4.74 Å². The van der Waals surface area contributed by atoms with Crippen LogP contribution in [0.25, 0.3) is 11.6 Å². The van der Waals surface area contributed by atoms with E-state index in [0.717, 1.165) is 22.3 Å². The molecule has 0 atom stereocenters. The van der Waals surface area contributed by atoms with E-state index in [1.165, 1.54) is 12.1 Å². The zero-order valence-corrected chi connectivity index (χ0v) is 13.1. The minimum Gasteiger partial charge on any atom is -0.482 e. The molecule has 3 rings (SSSR count). The van der Waals surface area contributed by atoms with Gasteiger partial charge in [-0.2, -0.15) is 0 Å². The van der Waals surface area contributed by atoms with Gasteiger partial charge in [-0.15, -0.1) is 0 Å². The summed E-state index contributed by atoms with van der Waals surface area (Å²) in [6.45, 7) is 6.04. The third-order valence-corrected chi connectivity index (χ3v) is 3.92. The Morgan fingerprint density at radius 1 is 1.05 bits per heavy atom. The van der Waals surface area contributed by atoms with Crippen LogP contribution in [0.1, 0.15) is 31.9 Å². The number of halogens is 1. The Morgan fingerprint density at radius 2 is 1.77 bits per heavy atom. The fourth-order valence-electron chi connectivity index (χ4n) is 2.67. The normalized spacial score (nSPS) is 18.2. The molecule has 0 aliphatic carbocycles. The largest absolute Gasteiger partial charge is 0.482 e. The van der Waals surface area contributed by atoms with Gasteiger partial charge in [-0.05, 0) is 55.7 Å². The van der Waals surface area contributed by atoms with E-state index in [4.69, 9.17) is 4.74 Å². The average Bonchev–Trinajstić information content (AvgIpc) is 2.55. The lowest BCUT2D eigenvalue weighted by Gasteiger charge is -2.27. The molecule has 0 bridgehead atoms. The average molecular weight is 294 g/mol. The van der Waals surface area contributed by atoms with Crippen molar-refractivity contribution in [1.82, 2.24) is 0 Å². The van der Waals surface area contributed by atoms with Crippen LogP contribution in [0.5, 0.6) is 5.75 Å². The molecule has 0 unspecified atom stereocenters. The number of rotatable bonds is 1. The number of fused-ring (bicyclic) bond motifs is 1. The zero-order chi connectivity index (χ0) is 15.7. The van der Waals surface area contributed by atoms with Gasteiger partial charge in [-0.3, -0.25) is 0 Å². The van der Waals surface area contributed by atoms with E-state index < -0.39 is 5.60 Å². The standard InChI is InChI=1S/C20H19FO/c1-14-11-16(12-15-7-5-4-6-8-15)20(2,3)22-19-13-17(21)9-10-18(14)19/h4-13H,1-3H3/b16-12+. The highest BCUT2D eigenvalue weighted by atomic mass is 19.1. The molecule has 1 nitrogen and oxygen atoms in total. The van der Waals surface area contributed by atoms with Crippen molar-refractivity contribution in [1.29, 1.82) is 0 Å². The van der Waals surface area contributed by atoms with Gasteiger partial charge in [0.05, 0.1) is 0 Å². The number of allylic oxidation sites excluding steroid dienone is 1. The summed E-state index contributed by atoms with van der Waals surface area (Å²) in [7, 11) is 0. The van der Waals surface area contributed by atoms with E-state index in [2.05, 4.69) is 24.3 Å². The molecular formula is C20H19FO. The van der Waals surface area contributed by atoms with E-state index in [0.29, 0.717) is 5.75 Å². The molecule has 1 heterocycles. The van der Waals surface area contributed by atoms with Gasteiger partial charge in [-0.1, -0.05) is 36.4 Å². The van der Waals surface area contributed by atoms with Crippen molar-refractivity contribution in [2.75, 3.05) is 0 Å². The molecule has 0 amide bonds. The fourth-order valence-corrected chi connectivity index (χ4v) is 2.67. The quantitative estimate of drug-likeness (QED) is 0.676. The minimum absolute atomic E-state index is 0.280. The van der Waals surface area contributed by atoms with Crippen molar-refractivity contribution in [3.05, 3.63) is 77.1 Å². The highest BCUT2D eigenvalue weighted by Crippen LogP contribution is 2.38. The molecule has 2 heteroatoms. The molecule has 0 saturated heterocycles. The number of hydrogen-bond acceptors (Lipinski definition) is 1. The zero-order valence-electron chi connectivity index (χ0n) is 13.1. The molecule has 0 saturated carbocycles. The summed E-state index contributed by atoms with van der Waals surface area (Å²) in [5, 5.41) is 0. The second-order valence-electron chi connectivity index (χ2n) is 6.09. The predicted molar refractivity (Wildman–Crippen MR) is 89.2 cm³/mol. The van der Waals surface area contributed by atoms with Crippen molar-refractivity contribution in [2.45, 2.75) is 26.4 Å². The van der Waals surface area contributed by atoms with Crippen LogP contribution in [0.2, 0.25) is 0 Å². The van der Waals surface area contributed by atoms with Gasteiger partial charge in [0, 0.05) is 11.6 Å². The molecule has 22 heavy (non-hydrogen) atoms. The van der Waals surface area contributed by atoms with Gasteiger partial charge in [0.25, 0.3) is 0 Å². The summed E-state index contributed by atoms with van der Waals surface area (Å²) >= 11 is 0. The Balaban J connectivity index is 2.12. The van der Waals surface area contributed by atoms with Crippen molar-refractivity contribution in [2.24, 2.45) is 0 Å². The van der Waals surface area contributed by atoms with Crippen molar-refractivity contribution < 1.29 is 9.13 Å². The van der Waals surface area contributed by atoms with Gasteiger partial charge in [0.2, 0.25) is 0 Å². The van der Waals surface area contributed by atoms with Crippen LogP contribution in [-0.4, -0.2) is 5.60 Å². The molecule has 0 fully saturated rings. The summed E-state index contributed by atoms with van der Waals surface area (Å²) < 4.78 is 19.7. The topological polar surface area (TPSA) is 9.23 Å². The van der Waals surface area contributed by atoms with E-state index in [9.17, 15) is 4.39 Å². The molecule has 0 spiro atoms. The van der Waals surface area contributed by atoms with E-state index in [1.807, 2.05) is 39.0 Å². The van der Waals surface area contributed by atoms with E-state index in [-0.39, 0.29) is 5.82 Å². The molecule has 112 valence electrons. The van der Waals surface area contributed by atoms with E-state index >= 15 is 0 Å². The van der Waals surface area contributed by atoms with Crippen LogP contribution in [0.4, 0.5) is 4.39 Å². The van der Waals surface area contributed by atoms with Crippen LogP contribution in [0, 0.1) is 5.82 Å². The van der Waals surface area contributed by atoms with E-state index in [1.54, 1.807) is 6.07 Å². The van der Waals surface area contributed by atoms with Gasteiger partial charge in [-0.25, -0.2) is 4.39 Å². The predicted octanol–water partition coefficient (Wildman–Crippen LogP) is 5.48. The number of ether oxygens (including phenoxy) is 1. The summed E-state index contributed by atoms with van der Waals surface area (Å²) in [4.78, 5) is 0. The SMILES string of the molecule is CC1=C/C(=C\c2ccccc2)C(C)(C)Oc2cc(F)ccc21. The second kappa shape index (κ2) is 5.45. The number of hydrogen-bond donors (Lipinski definition) is 0. The lowest BCUT2D eigenvalue weighted by molar-refractivity contribution is 0.154. The summed E-state index contributed by atoms with van der Waals surface area (Å²) in [5.41, 5.74) is 3.66. The molecular weight excluding hydrogens is 275 g/mol. The van der Waals surface area contributed by atoms with Gasteiger partial charge in [0.1, 0.15) is 17.2 Å². The molecule has 0 radical (unpaired) electrons. The third-order valence-electron chi connectivity index (χ3n) is 3.92. The first kappa shape index (κ1) is 14.6. The highest BCUT2D eigenvalue weighted by molar-refractivity contribution is 5.75. The lowest BCUT2D eigenvalue weighted by Crippen LogP contribution is -2.29. The van der Waals surface area contributed by atoms with Crippen LogP contribution >= 0.6 is 0 Å². The maximum absolute atomic E-state index is 13.5. The van der Waals surface area contributed by atoms with Gasteiger partial charge < -0.3 is 4.74 Å². The number of benzene rings is 2. The van der Waals surface area contributed by atoms with Crippen molar-refractivity contribution in [3.63, 3.8) is 0 Å². The Kier molecular flexibility index (Phi) is 3.61. The summed E-state index contributed by atoms with van der Waals surface area (Å²) in [5.74, 6) is 0.313. The van der Waals surface area contributed by atoms with Crippen molar-refractivity contribution >= 4 is 11.6 Å². The van der Waals surface area contributed by atoms with Gasteiger partial charge >= 0.3 is 0 Å². The maximum Gasteiger partial charge on any atom is 0.131 e. The van der Waals surface area contributed by atoms with Crippen LogP contribution in [0.15, 0.2) is 60.2 Å². The summed E-state index contributed by atoms with van der Waals surface area (Å²) in [6, 6.07) is 14.8. The van der Waals surface area contributed by atoms with Crippen molar-refractivity contribution in [3.8, 4) is 5.75 Å². The highest BCUT2D eigenvalue weighted by Gasteiger charge is 2.28. The van der Waals surface area contributed by atoms with Crippen LogP contribution in [0.3, 0.4) is 0 Å². The fraction of sp³-hybridized carbons (Fsp3) is 0.200. The molecule has 1 aliphatic rings. The first-order valence-corrected chi connectivity index (χ1v) is 7.40. The van der Waals surface area contributed by atoms with Crippen LogP contribution in [-0.2, 0) is 0 Å². The van der Waals surface area contributed by atoms with Gasteiger partial charge in [0.15, 0.2) is 0 Å². The second-order valence-corrected chi connectivity index (χ2v) is 6.09. The Bertz CT molecular complexity index is 755. The maximum atomic E-state index is 13.5. The lowest BCUT2D eigenvalue weighted by atomic mass is 9.93. The Hall–Kier alpha value is -2.35.